The number of phenolic OH excluding ortho intramolecular Hbond substituents is 1. The molecule has 0 saturated carbocycles. The minimum Gasteiger partial charge on any atom is -0.507 e. The van der Waals surface area contributed by atoms with E-state index in [0.717, 1.165) is 23.1 Å². The molecule has 7 heteroatoms. The van der Waals surface area contributed by atoms with Gasteiger partial charge in [-0.25, -0.2) is 4.79 Å². The van der Waals surface area contributed by atoms with Gasteiger partial charge >= 0.3 is 5.97 Å². The second-order valence-corrected chi connectivity index (χ2v) is 10.1. The van der Waals surface area contributed by atoms with Crippen LogP contribution in [0, 0.1) is 0 Å². The number of carbonyl (C=O) groups excluding carboxylic acids is 1. The second-order valence-electron chi connectivity index (χ2n) is 8.39. The van der Waals surface area contributed by atoms with Gasteiger partial charge in [0.1, 0.15) is 11.5 Å². The number of ether oxygens (including phenoxy) is 2. The van der Waals surface area contributed by atoms with Crippen LogP contribution >= 0.6 is 31.9 Å². The predicted molar refractivity (Wildman–Crippen MR) is 140 cm³/mol. The molecule has 0 spiro atoms. The highest BCUT2D eigenvalue weighted by atomic mass is 79.9. The average molecular weight is 592 g/mol. The van der Waals surface area contributed by atoms with Gasteiger partial charge in [-0.1, -0.05) is 44.2 Å². The van der Waals surface area contributed by atoms with Gasteiger partial charge in [0.25, 0.3) is 0 Å². The second kappa shape index (κ2) is 11.9. The number of aryl methyl sites for hydroxylation is 2. The lowest BCUT2D eigenvalue weighted by atomic mass is 9.95. The van der Waals surface area contributed by atoms with Crippen molar-refractivity contribution in [2.45, 2.75) is 45.1 Å². The summed E-state index contributed by atoms with van der Waals surface area (Å²) in [6.07, 6.45) is 0.359. The van der Waals surface area contributed by atoms with Crippen molar-refractivity contribution in [1.29, 1.82) is 0 Å². The zero-order valence-electron chi connectivity index (χ0n) is 19.3. The van der Waals surface area contributed by atoms with Crippen LogP contribution in [0.25, 0.3) is 0 Å². The molecule has 0 bridgehead atoms. The van der Waals surface area contributed by atoms with E-state index in [-0.39, 0.29) is 12.3 Å². The number of halogens is 2. The molecule has 0 aliphatic rings. The number of esters is 1. The van der Waals surface area contributed by atoms with Crippen LogP contribution in [0.1, 0.15) is 42.0 Å². The molecule has 0 aliphatic heterocycles. The van der Waals surface area contributed by atoms with Gasteiger partial charge in [-0.3, -0.25) is 0 Å². The van der Waals surface area contributed by atoms with Gasteiger partial charge < -0.3 is 19.7 Å². The third-order valence-corrected chi connectivity index (χ3v) is 6.70. The lowest BCUT2D eigenvalue weighted by Crippen LogP contribution is -2.24. The van der Waals surface area contributed by atoms with Crippen molar-refractivity contribution in [2.24, 2.45) is 0 Å². The molecule has 0 radical (unpaired) electrons. The fourth-order valence-electron chi connectivity index (χ4n) is 3.69. The Morgan fingerprint density at radius 2 is 1.62 bits per heavy atom. The van der Waals surface area contributed by atoms with Crippen molar-refractivity contribution in [2.75, 3.05) is 7.11 Å². The van der Waals surface area contributed by atoms with E-state index in [1.165, 1.54) is 12.7 Å². The van der Waals surface area contributed by atoms with Crippen molar-refractivity contribution < 1.29 is 24.5 Å². The van der Waals surface area contributed by atoms with Crippen LogP contribution in [0.3, 0.4) is 0 Å². The number of aromatic hydroxyl groups is 1. The number of hydrogen-bond acceptors (Lipinski definition) is 5. The molecular weight excluding hydrogens is 564 g/mol. The zero-order valence-corrected chi connectivity index (χ0v) is 22.5. The first-order valence-electron chi connectivity index (χ1n) is 11.0. The van der Waals surface area contributed by atoms with E-state index in [2.05, 4.69) is 48.7 Å². The Morgan fingerprint density at radius 3 is 2.21 bits per heavy atom. The summed E-state index contributed by atoms with van der Waals surface area (Å²) in [5, 5.41) is 20.9. The Hall–Kier alpha value is -2.35. The summed E-state index contributed by atoms with van der Waals surface area (Å²) in [7, 11) is 1.24. The molecule has 5 nitrogen and oxygen atoms in total. The van der Waals surface area contributed by atoms with Gasteiger partial charge in [0.2, 0.25) is 0 Å². The van der Waals surface area contributed by atoms with Crippen LogP contribution in [0.4, 0.5) is 0 Å². The number of rotatable bonds is 9. The largest absolute Gasteiger partial charge is 0.507 e. The molecule has 2 N–H and O–H groups in total. The third kappa shape index (κ3) is 6.62. The Labute approximate surface area is 217 Å². The SMILES string of the molecule is COC(=O)C(O)Cc1cc(Br)c(Oc2cc(CCc3ccccc3)c(O)c(C(C)C)c2)c(Br)c1. The fraction of sp³-hybridized carbons (Fsp3) is 0.296. The zero-order chi connectivity index (χ0) is 24.8. The molecular formula is C27H28Br2O5. The first kappa shape index (κ1) is 26.3. The number of aliphatic hydroxyl groups excluding tert-OH is 1. The lowest BCUT2D eigenvalue weighted by Gasteiger charge is -2.18. The molecule has 1 unspecified atom stereocenters. The highest BCUT2D eigenvalue weighted by Crippen LogP contribution is 2.41. The first-order valence-corrected chi connectivity index (χ1v) is 12.6. The van der Waals surface area contributed by atoms with E-state index in [0.29, 0.717) is 32.6 Å². The summed E-state index contributed by atoms with van der Waals surface area (Å²) in [6.45, 7) is 4.07. The molecule has 1 atom stereocenters. The summed E-state index contributed by atoms with van der Waals surface area (Å²) in [4.78, 5) is 11.5. The molecule has 180 valence electrons. The highest BCUT2D eigenvalue weighted by molar-refractivity contribution is 9.11. The van der Waals surface area contributed by atoms with Gasteiger partial charge in [0, 0.05) is 12.0 Å². The molecule has 3 rings (SSSR count). The van der Waals surface area contributed by atoms with E-state index >= 15 is 0 Å². The minimum absolute atomic E-state index is 0.116. The summed E-state index contributed by atoms with van der Waals surface area (Å²) in [6, 6.07) is 17.5. The van der Waals surface area contributed by atoms with Crippen LogP contribution in [0.2, 0.25) is 0 Å². The third-order valence-electron chi connectivity index (χ3n) is 5.52. The molecule has 0 heterocycles. The predicted octanol–water partition coefficient (Wildman–Crippen LogP) is 6.69. The Bertz CT molecular complexity index is 1120. The van der Waals surface area contributed by atoms with E-state index in [9.17, 15) is 15.0 Å². The maximum atomic E-state index is 11.5. The molecule has 0 aromatic heterocycles. The molecule has 0 saturated heterocycles. The Balaban J connectivity index is 1.88. The number of hydrogen-bond donors (Lipinski definition) is 2. The molecule has 3 aromatic carbocycles. The van der Waals surface area contributed by atoms with Gasteiger partial charge in [-0.2, -0.15) is 0 Å². The Kier molecular flexibility index (Phi) is 9.17. The van der Waals surface area contributed by atoms with Crippen LogP contribution in [0.15, 0.2) is 63.5 Å². The maximum Gasteiger partial charge on any atom is 0.335 e. The van der Waals surface area contributed by atoms with Crippen LogP contribution in [-0.4, -0.2) is 29.4 Å². The number of phenols is 1. The highest BCUT2D eigenvalue weighted by Gasteiger charge is 2.19. The normalized spacial score (nSPS) is 12.0. The van der Waals surface area contributed by atoms with Crippen LogP contribution in [-0.2, 0) is 28.8 Å². The fourth-order valence-corrected chi connectivity index (χ4v) is 5.13. The van der Waals surface area contributed by atoms with Gasteiger partial charge in [-0.15, -0.1) is 0 Å². The monoisotopic (exact) mass is 590 g/mol. The molecule has 34 heavy (non-hydrogen) atoms. The van der Waals surface area contributed by atoms with Crippen molar-refractivity contribution in [1.82, 2.24) is 0 Å². The molecule has 0 fully saturated rings. The van der Waals surface area contributed by atoms with Gasteiger partial charge in [-0.05, 0) is 91.6 Å². The topological polar surface area (TPSA) is 76.0 Å². The summed E-state index contributed by atoms with van der Waals surface area (Å²) in [5.74, 6) is 0.927. The lowest BCUT2D eigenvalue weighted by molar-refractivity contribution is -0.150. The Morgan fingerprint density at radius 1 is 0.971 bits per heavy atom. The average Bonchev–Trinajstić information content (AvgIpc) is 2.81. The number of benzene rings is 3. The number of carbonyl (C=O) groups is 1. The maximum absolute atomic E-state index is 11.5. The number of aliphatic hydroxyl groups is 1. The van der Waals surface area contributed by atoms with E-state index in [4.69, 9.17) is 4.74 Å². The summed E-state index contributed by atoms with van der Waals surface area (Å²) < 4.78 is 12.2. The van der Waals surface area contributed by atoms with E-state index in [1.54, 1.807) is 12.1 Å². The van der Waals surface area contributed by atoms with Crippen LogP contribution < -0.4 is 4.74 Å². The van der Waals surface area contributed by atoms with Crippen molar-refractivity contribution >= 4 is 37.8 Å². The van der Waals surface area contributed by atoms with Crippen LogP contribution in [0.5, 0.6) is 17.2 Å². The van der Waals surface area contributed by atoms with Gasteiger partial charge in [0.05, 0.1) is 16.1 Å². The van der Waals surface area contributed by atoms with Crippen molar-refractivity contribution in [3.8, 4) is 17.2 Å². The first-order chi connectivity index (χ1) is 16.2. The quantitative estimate of drug-likeness (QED) is 0.271. The molecule has 0 amide bonds. The smallest absolute Gasteiger partial charge is 0.335 e. The molecule has 3 aromatic rings. The van der Waals surface area contributed by atoms with Gasteiger partial charge in [0.15, 0.2) is 11.9 Å². The summed E-state index contributed by atoms with van der Waals surface area (Å²) >= 11 is 7.08. The molecule has 0 aliphatic carbocycles. The standard InChI is InChI=1S/C27H28Br2O5/c1-16(2)21-15-20(14-19(25(21)31)10-9-17-7-5-4-6-8-17)34-26-22(28)11-18(12-23(26)29)13-24(30)27(32)33-3/h4-8,11-12,14-16,24,30-31H,9-10,13H2,1-3H3. The van der Waals surface area contributed by atoms with Crippen molar-refractivity contribution in [3.05, 3.63) is 85.8 Å². The summed E-state index contributed by atoms with van der Waals surface area (Å²) in [5.41, 5.74) is 3.59. The van der Waals surface area contributed by atoms with E-state index in [1.807, 2.05) is 44.2 Å². The minimum atomic E-state index is -1.24. The number of methoxy groups -OCH3 is 1. The van der Waals surface area contributed by atoms with Crippen molar-refractivity contribution in [3.63, 3.8) is 0 Å². The van der Waals surface area contributed by atoms with E-state index < -0.39 is 12.1 Å².